The fourth-order valence-corrected chi connectivity index (χ4v) is 1.95. The van der Waals surface area contributed by atoms with Gasteiger partial charge in [0.2, 0.25) is 0 Å². The smallest absolute Gasteiger partial charge is 0.129 e. The molecule has 2 aromatic rings. The fraction of sp³-hybridized carbons (Fsp3) is 0.375. The van der Waals surface area contributed by atoms with Crippen LogP contribution in [0.2, 0.25) is 0 Å². The summed E-state index contributed by atoms with van der Waals surface area (Å²) in [4.78, 5) is 6.78. The molecule has 1 heterocycles. The summed E-state index contributed by atoms with van der Waals surface area (Å²) in [5.74, 6) is 1.02. The first kappa shape index (κ1) is 18.5. The average molecular weight is 332 g/mol. The van der Waals surface area contributed by atoms with Crippen LogP contribution < -0.4 is 4.90 Å². The topological polar surface area (TPSA) is 16.1 Å². The molecule has 1 aromatic heterocycles. The van der Waals surface area contributed by atoms with E-state index in [2.05, 4.69) is 38.1 Å². The predicted molar refractivity (Wildman–Crippen MR) is 81.2 cm³/mol. The predicted octanol–water partition coefficient (Wildman–Crippen LogP) is 4.01. The largest absolute Gasteiger partial charge is 0.363 e. The molecule has 0 saturated carbocycles. The third-order valence-electron chi connectivity index (χ3n) is 2.80. The van der Waals surface area contributed by atoms with Gasteiger partial charge in [0.25, 0.3) is 0 Å². The Morgan fingerprint density at radius 1 is 1.21 bits per heavy atom. The van der Waals surface area contributed by atoms with Crippen molar-refractivity contribution in [2.45, 2.75) is 27.2 Å². The fourth-order valence-electron chi connectivity index (χ4n) is 1.95. The Morgan fingerprint density at radius 3 is 2.37 bits per heavy atom. The van der Waals surface area contributed by atoms with Gasteiger partial charge in [-0.2, -0.15) is 6.42 Å². The maximum absolute atomic E-state index is 4.73. The molecule has 19 heavy (non-hydrogen) atoms. The number of aromatic nitrogens is 1. The molecule has 0 fully saturated rings. The van der Waals surface area contributed by atoms with Crippen LogP contribution in [0.3, 0.4) is 0 Å². The minimum absolute atomic E-state index is 0. The van der Waals surface area contributed by atoms with Crippen molar-refractivity contribution in [2.24, 2.45) is 0 Å². The second kappa shape index (κ2) is 8.65. The number of anilines is 1. The molecule has 1 radical (unpaired) electrons. The quantitative estimate of drug-likeness (QED) is 0.773. The number of hydrogen-bond donors (Lipinski definition) is 0. The van der Waals surface area contributed by atoms with Crippen molar-refractivity contribution in [1.29, 1.82) is 0 Å². The van der Waals surface area contributed by atoms with Crippen LogP contribution in [0.25, 0.3) is 10.9 Å². The Balaban J connectivity index is 0.00000103. The molecule has 0 spiro atoms. The Bertz CT molecular complexity index is 521. The number of para-hydroxylation sites is 1. The Kier molecular flexibility index (Phi) is 8.44. The van der Waals surface area contributed by atoms with E-state index in [1.807, 2.05) is 32.8 Å². The normalized spacial score (nSPS) is 9.37. The maximum Gasteiger partial charge on any atom is 0.129 e. The number of hydrogen-bond acceptors (Lipinski definition) is 2. The molecule has 0 atom stereocenters. The molecule has 2 rings (SSSR count). The first-order valence-corrected chi connectivity index (χ1v) is 6.49. The molecule has 1 aromatic carbocycles. The van der Waals surface area contributed by atoms with Gasteiger partial charge in [0.05, 0.1) is 5.52 Å². The van der Waals surface area contributed by atoms with E-state index in [0.717, 1.165) is 17.8 Å². The third-order valence-corrected chi connectivity index (χ3v) is 2.80. The molecule has 101 valence electrons. The summed E-state index contributed by atoms with van der Waals surface area (Å²) in [6.07, 6.45) is 0.768. The van der Waals surface area contributed by atoms with Crippen LogP contribution in [-0.4, -0.2) is 19.1 Å². The van der Waals surface area contributed by atoms with Gasteiger partial charge in [-0.25, -0.2) is 4.98 Å². The van der Waals surface area contributed by atoms with E-state index >= 15 is 0 Å². The van der Waals surface area contributed by atoms with Crippen molar-refractivity contribution >= 4 is 16.7 Å². The molecule has 0 bridgehead atoms. The molecule has 0 N–H and O–H groups in total. The summed E-state index contributed by atoms with van der Waals surface area (Å²) in [6, 6.07) is 8.46. The zero-order chi connectivity index (χ0) is 13.7. The van der Waals surface area contributed by atoms with Crippen LogP contribution in [0.1, 0.15) is 25.0 Å². The van der Waals surface area contributed by atoms with Crippen LogP contribution in [0.5, 0.6) is 0 Å². The number of benzene rings is 1. The molecule has 0 amide bonds. The number of fused-ring (bicyclic) bond motifs is 1. The number of nitrogens with zero attached hydrogens (tertiary/aromatic N) is 2. The second-order valence-corrected chi connectivity index (χ2v) is 4.26. The summed E-state index contributed by atoms with van der Waals surface area (Å²) in [6.45, 7) is 10.1. The summed E-state index contributed by atoms with van der Waals surface area (Å²) >= 11 is 0. The summed E-state index contributed by atoms with van der Waals surface area (Å²) in [5, 5.41) is 1.20. The zero-order valence-corrected chi connectivity index (χ0v) is 15.5. The van der Waals surface area contributed by atoms with Gasteiger partial charge in [-0.05, 0) is 24.1 Å². The van der Waals surface area contributed by atoms with Crippen molar-refractivity contribution in [3.63, 3.8) is 0 Å². The molecule has 2 nitrogen and oxygen atoms in total. The molecule has 0 aliphatic carbocycles. The molecule has 0 saturated heterocycles. The molecule has 0 aliphatic heterocycles. The van der Waals surface area contributed by atoms with E-state index in [0.29, 0.717) is 0 Å². The van der Waals surface area contributed by atoms with Crippen molar-refractivity contribution in [3.8, 4) is 0 Å². The molecular formula is C16H23N2Y-. The number of pyridine rings is 1. The second-order valence-electron chi connectivity index (χ2n) is 4.26. The minimum Gasteiger partial charge on any atom is -0.363 e. The molecule has 0 aliphatic rings. The van der Waals surface area contributed by atoms with Crippen LogP contribution in [0.15, 0.2) is 24.3 Å². The summed E-state index contributed by atoms with van der Waals surface area (Å²) in [5.41, 5.74) is 3.50. The monoisotopic (exact) mass is 332 g/mol. The average Bonchev–Trinajstić information content (AvgIpc) is 2.40. The van der Waals surface area contributed by atoms with Crippen molar-refractivity contribution in [1.82, 2.24) is 4.98 Å². The zero-order valence-electron chi connectivity index (χ0n) is 12.7. The van der Waals surface area contributed by atoms with Gasteiger partial charge in [-0.15, -0.1) is 0 Å². The number of rotatable bonds is 2. The van der Waals surface area contributed by atoms with Gasteiger partial charge in [0, 0.05) is 52.2 Å². The SMILES string of the molecule is CC.[CH2-]Cc1cc2cccc(C)c2nc1N(C)C.[Y]. The van der Waals surface area contributed by atoms with Crippen LogP contribution >= 0.6 is 0 Å². The van der Waals surface area contributed by atoms with E-state index in [1.54, 1.807) is 0 Å². The van der Waals surface area contributed by atoms with Gasteiger partial charge in [0.15, 0.2) is 0 Å². The van der Waals surface area contributed by atoms with E-state index in [4.69, 9.17) is 4.98 Å². The minimum atomic E-state index is 0. The summed E-state index contributed by atoms with van der Waals surface area (Å²) < 4.78 is 0. The van der Waals surface area contributed by atoms with Crippen molar-refractivity contribution in [2.75, 3.05) is 19.0 Å². The Hall–Kier alpha value is -0.466. The van der Waals surface area contributed by atoms with E-state index in [-0.39, 0.29) is 32.7 Å². The first-order valence-electron chi connectivity index (χ1n) is 6.49. The van der Waals surface area contributed by atoms with E-state index in [1.165, 1.54) is 16.5 Å². The van der Waals surface area contributed by atoms with Crippen LogP contribution in [0.4, 0.5) is 5.82 Å². The van der Waals surface area contributed by atoms with Gasteiger partial charge < -0.3 is 11.8 Å². The van der Waals surface area contributed by atoms with Crippen LogP contribution in [0, 0.1) is 13.8 Å². The molecular weight excluding hydrogens is 309 g/mol. The van der Waals surface area contributed by atoms with Gasteiger partial charge >= 0.3 is 0 Å². The Labute approximate surface area is 142 Å². The van der Waals surface area contributed by atoms with Crippen molar-refractivity contribution in [3.05, 3.63) is 42.3 Å². The molecule has 3 heteroatoms. The van der Waals surface area contributed by atoms with E-state index in [9.17, 15) is 0 Å². The summed E-state index contributed by atoms with van der Waals surface area (Å²) in [7, 11) is 4.04. The van der Waals surface area contributed by atoms with Crippen molar-refractivity contribution < 1.29 is 32.7 Å². The maximum atomic E-state index is 4.73. The van der Waals surface area contributed by atoms with Crippen LogP contribution in [-0.2, 0) is 39.1 Å². The van der Waals surface area contributed by atoms with Gasteiger partial charge in [-0.3, -0.25) is 0 Å². The first-order chi connectivity index (χ1) is 8.63. The van der Waals surface area contributed by atoms with Gasteiger partial charge in [-0.1, -0.05) is 32.0 Å². The Morgan fingerprint density at radius 2 is 1.84 bits per heavy atom. The third kappa shape index (κ3) is 4.25. The number of aryl methyl sites for hydroxylation is 1. The van der Waals surface area contributed by atoms with Gasteiger partial charge in [0.1, 0.15) is 5.82 Å². The molecule has 0 unspecified atom stereocenters. The van der Waals surface area contributed by atoms with E-state index < -0.39 is 0 Å². The standard InChI is InChI=1S/C14H17N2.C2H6.Y/c1-5-11-9-12-8-6-7-10(2)13(12)15-14(11)16(3)4;1-2;/h6-9H,1,5H2,2-4H3;1-2H3;/q-1;;.